The van der Waals surface area contributed by atoms with E-state index in [4.69, 9.17) is 19.6 Å². The highest BCUT2D eigenvalue weighted by Gasteiger charge is 2.31. The van der Waals surface area contributed by atoms with Gasteiger partial charge < -0.3 is 4.74 Å². The summed E-state index contributed by atoms with van der Waals surface area (Å²) >= 11 is 0. The first-order chi connectivity index (χ1) is 24.7. The zero-order chi connectivity index (χ0) is 34.4. The predicted molar refractivity (Wildman–Crippen MR) is 203 cm³/mol. The van der Waals surface area contributed by atoms with E-state index in [2.05, 4.69) is 79.7 Å². The highest BCUT2D eigenvalue weighted by atomic mass is 16.7. The fourth-order valence-corrected chi connectivity index (χ4v) is 6.01. The number of carbonyl (C=O) groups excluding carboxylic acids is 1. The quantitative estimate of drug-likeness (QED) is 0.0779. The van der Waals surface area contributed by atoms with Crippen LogP contribution in [0.2, 0.25) is 0 Å². The molecule has 5 aromatic rings. The molecule has 6 nitrogen and oxygen atoms in total. The van der Waals surface area contributed by atoms with Crippen LogP contribution in [0.25, 0.3) is 22.3 Å². The van der Waals surface area contributed by atoms with Crippen LogP contribution in [-0.2, 0) is 14.4 Å². The van der Waals surface area contributed by atoms with E-state index in [1.165, 1.54) is 25.7 Å². The molecule has 1 aliphatic heterocycles. The number of esters is 1. The Bertz CT molecular complexity index is 1840. The van der Waals surface area contributed by atoms with E-state index >= 15 is 0 Å². The third-order valence-electron chi connectivity index (χ3n) is 8.78. The van der Waals surface area contributed by atoms with Gasteiger partial charge in [-0.1, -0.05) is 179 Å². The topological polar surface area (TPSA) is 63.5 Å². The van der Waals surface area contributed by atoms with Crippen LogP contribution < -0.4 is 0 Å². The number of amidine groups is 2. The maximum Gasteiger partial charge on any atom is 0.308 e. The Kier molecular flexibility index (Phi) is 12.4. The molecule has 50 heavy (non-hydrogen) atoms. The number of ether oxygens (including phenoxy) is 1. The summed E-state index contributed by atoms with van der Waals surface area (Å²) in [5, 5.41) is 1.75. The first kappa shape index (κ1) is 34.5. The molecular weight excluding hydrogens is 619 g/mol. The molecule has 0 aromatic heterocycles. The lowest BCUT2D eigenvalue weighted by Crippen LogP contribution is -2.39. The SMILES string of the molecule is CCCCCCCCOC(=O)CCON1C(c2ccc(-c3ccccc3)cc2)=NC(c2ccc(-c3ccccc3)cc2)=NC1c1ccccc1. The van der Waals surface area contributed by atoms with Gasteiger partial charge in [0.1, 0.15) is 0 Å². The van der Waals surface area contributed by atoms with E-state index in [0.29, 0.717) is 18.3 Å². The van der Waals surface area contributed by atoms with Crippen LogP contribution in [-0.4, -0.2) is 35.9 Å². The van der Waals surface area contributed by atoms with Gasteiger partial charge in [0.15, 0.2) is 17.8 Å². The Hall–Kier alpha value is -5.33. The zero-order valence-corrected chi connectivity index (χ0v) is 28.8. The maximum absolute atomic E-state index is 12.7. The Morgan fingerprint density at radius 1 is 0.580 bits per heavy atom. The van der Waals surface area contributed by atoms with Crippen LogP contribution in [0.3, 0.4) is 0 Å². The molecule has 0 spiro atoms. The van der Waals surface area contributed by atoms with Crippen molar-refractivity contribution in [3.05, 3.63) is 156 Å². The monoisotopic (exact) mass is 663 g/mol. The van der Waals surface area contributed by atoms with Crippen LogP contribution in [0.5, 0.6) is 0 Å². The van der Waals surface area contributed by atoms with Crippen LogP contribution >= 0.6 is 0 Å². The minimum Gasteiger partial charge on any atom is -0.466 e. The predicted octanol–water partition coefficient (Wildman–Crippen LogP) is 10.5. The van der Waals surface area contributed by atoms with Gasteiger partial charge in [-0.25, -0.2) is 15.0 Å². The summed E-state index contributed by atoms with van der Waals surface area (Å²) in [6, 6.07) is 47.4. The van der Waals surface area contributed by atoms with Crippen molar-refractivity contribution in [3.63, 3.8) is 0 Å². The summed E-state index contributed by atoms with van der Waals surface area (Å²) in [5.41, 5.74) is 7.26. The third kappa shape index (κ3) is 9.21. The minimum atomic E-state index is -0.527. The molecule has 1 unspecified atom stereocenters. The van der Waals surface area contributed by atoms with Crippen LogP contribution in [0.1, 0.15) is 74.7 Å². The van der Waals surface area contributed by atoms with E-state index in [0.717, 1.165) is 51.8 Å². The molecule has 1 aliphatic rings. The van der Waals surface area contributed by atoms with Crippen molar-refractivity contribution in [3.8, 4) is 22.3 Å². The summed E-state index contributed by atoms with van der Waals surface area (Å²) in [5.74, 6) is 0.968. The lowest BCUT2D eigenvalue weighted by atomic mass is 10.0. The molecule has 1 atom stereocenters. The average Bonchev–Trinajstić information content (AvgIpc) is 3.18. The van der Waals surface area contributed by atoms with Gasteiger partial charge in [0.05, 0.1) is 19.6 Å². The van der Waals surface area contributed by atoms with E-state index < -0.39 is 6.17 Å². The third-order valence-corrected chi connectivity index (χ3v) is 8.78. The molecular formula is C44H45N3O3. The second kappa shape index (κ2) is 17.9. The fraction of sp³-hybridized carbons (Fsp3) is 0.250. The van der Waals surface area contributed by atoms with E-state index in [1.807, 2.05) is 66.7 Å². The Morgan fingerprint density at radius 2 is 1.08 bits per heavy atom. The highest BCUT2D eigenvalue weighted by molar-refractivity contribution is 6.12. The molecule has 5 aromatic carbocycles. The van der Waals surface area contributed by atoms with Gasteiger partial charge in [-0.15, -0.1) is 0 Å². The number of hydrogen-bond acceptors (Lipinski definition) is 6. The normalized spacial score (nSPS) is 14.2. The van der Waals surface area contributed by atoms with E-state index in [-0.39, 0.29) is 19.0 Å². The molecule has 6 heteroatoms. The van der Waals surface area contributed by atoms with Crippen molar-refractivity contribution in [1.82, 2.24) is 5.06 Å². The molecule has 254 valence electrons. The lowest BCUT2D eigenvalue weighted by Gasteiger charge is -2.34. The second-order valence-electron chi connectivity index (χ2n) is 12.5. The number of carbonyl (C=O) groups is 1. The number of rotatable bonds is 16. The van der Waals surface area contributed by atoms with Gasteiger partial charge in [0.2, 0.25) is 0 Å². The largest absolute Gasteiger partial charge is 0.466 e. The average molecular weight is 664 g/mol. The van der Waals surface area contributed by atoms with Crippen LogP contribution in [0, 0.1) is 0 Å². The highest BCUT2D eigenvalue weighted by Crippen LogP contribution is 2.31. The first-order valence-electron chi connectivity index (χ1n) is 17.8. The standard InChI is InChI=1S/C44H45N3O3/c1-2-3-4-5-6-16-32-49-41(48)31-33-50-47-43(39-21-14-9-15-22-39)45-42(38-27-23-36(24-28-38)34-17-10-7-11-18-34)46-44(47)40-29-25-37(26-30-40)35-19-12-8-13-20-35/h7-15,17-30,43H,2-6,16,31-33H2,1H3. The minimum absolute atomic E-state index is 0.131. The van der Waals surface area contributed by atoms with Gasteiger partial charge in [0, 0.05) is 11.1 Å². The van der Waals surface area contributed by atoms with Gasteiger partial charge in [-0.3, -0.25) is 9.63 Å². The van der Waals surface area contributed by atoms with E-state index in [9.17, 15) is 4.79 Å². The molecule has 0 radical (unpaired) electrons. The number of hydrogen-bond donors (Lipinski definition) is 0. The lowest BCUT2D eigenvalue weighted by molar-refractivity contribution is -0.155. The number of aliphatic imine (C=N–C) groups is 2. The first-order valence-corrected chi connectivity index (χ1v) is 17.8. The molecule has 0 amide bonds. The summed E-state index contributed by atoms with van der Waals surface area (Å²) in [4.78, 5) is 29.4. The van der Waals surface area contributed by atoms with Crippen LogP contribution in [0.4, 0.5) is 0 Å². The van der Waals surface area contributed by atoms with Gasteiger partial charge in [-0.2, -0.15) is 0 Å². The number of nitrogens with zero attached hydrogens (tertiary/aromatic N) is 3. The van der Waals surface area contributed by atoms with Gasteiger partial charge >= 0.3 is 5.97 Å². The Morgan fingerprint density at radius 3 is 1.68 bits per heavy atom. The Labute approximate surface area is 296 Å². The maximum atomic E-state index is 12.7. The summed E-state index contributed by atoms with van der Waals surface area (Å²) in [6.45, 7) is 2.79. The smallest absolute Gasteiger partial charge is 0.308 e. The van der Waals surface area contributed by atoms with Gasteiger partial charge in [-0.05, 0) is 34.2 Å². The van der Waals surface area contributed by atoms with Crippen molar-refractivity contribution in [2.45, 2.75) is 58.0 Å². The molecule has 6 rings (SSSR count). The summed E-state index contributed by atoms with van der Waals surface area (Å²) in [7, 11) is 0. The second-order valence-corrected chi connectivity index (χ2v) is 12.5. The van der Waals surface area contributed by atoms with Crippen LogP contribution in [0.15, 0.2) is 150 Å². The molecule has 0 fully saturated rings. The van der Waals surface area contributed by atoms with Crippen molar-refractivity contribution >= 4 is 17.6 Å². The molecule has 1 heterocycles. The summed E-state index contributed by atoms with van der Waals surface area (Å²) < 4.78 is 5.54. The number of unbranched alkanes of at least 4 members (excludes halogenated alkanes) is 5. The molecule has 0 aliphatic carbocycles. The van der Waals surface area contributed by atoms with Crippen molar-refractivity contribution in [2.75, 3.05) is 13.2 Å². The fourth-order valence-electron chi connectivity index (χ4n) is 6.01. The van der Waals surface area contributed by atoms with Crippen molar-refractivity contribution < 1.29 is 14.4 Å². The summed E-state index contributed by atoms with van der Waals surface area (Å²) in [6.07, 6.45) is 6.46. The number of benzene rings is 5. The van der Waals surface area contributed by atoms with Crippen molar-refractivity contribution in [1.29, 1.82) is 0 Å². The molecule has 0 saturated heterocycles. The zero-order valence-electron chi connectivity index (χ0n) is 28.8. The Balaban J connectivity index is 1.26. The van der Waals surface area contributed by atoms with E-state index in [1.54, 1.807) is 5.06 Å². The molecule has 0 N–H and O–H groups in total. The molecule has 0 saturated carbocycles. The molecule has 0 bridgehead atoms. The van der Waals surface area contributed by atoms with Gasteiger partial charge in [0.25, 0.3) is 0 Å². The van der Waals surface area contributed by atoms with Crippen molar-refractivity contribution in [2.24, 2.45) is 9.98 Å². The number of hydroxylamine groups is 2.